The van der Waals surface area contributed by atoms with Gasteiger partial charge >= 0.3 is 5.97 Å². The van der Waals surface area contributed by atoms with Gasteiger partial charge in [0, 0.05) is 5.69 Å². The normalized spacial score (nSPS) is 12.5. The van der Waals surface area contributed by atoms with Crippen molar-refractivity contribution in [3.05, 3.63) is 28.8 Å². The van der Waals surface area contributed by atoms with Gasteiger partial charge in [-0.3, -0.25) is 4.72 Å². The van der Waals surface area contributed by atoms with Gasteiger partial charge in [-0.05, 0) is 44.0 Å². The molecule has 0 bridgehead atoms. The molecule has 1 aromatic carbocycles. The Bertz CT molecular complexity index is 659. The van der Waals surface area contributed by atoms with Gasteiger partial charge in [-0.2, -0.15) is 5.26 Å². The third-order valence-electron chi connectivity index (χ3n) is 2.81. The topological polar surface area (TPSA) is 107 Å². The molecule has 19 heavy (non-hydrogen) atoms. The highest BCUT2D eigenvalue weighted by Crippen LogP contribution is 2.21. The monoisotopic (exact) mass is 282 g/mol. The van der Waals surface area contributed by atoms with Crippen molar-refractivity contribution in [3.63, 3.8) is 0 Å². The van der Waals surface area contributed by atoms with Crippen LogP contribution < -0.4 is 4.72 Å². The fourth-order valence-corrected chi connectivity index (χ4v) is 2.22. The van der Waals surface area contributed by atoms with E-state index in [-0.39, 0.29) is 11.3 Å². The Labute approximate surface area is 111 Å². The van der Waals surface area contributed by atoms with Crippen LogP contribution in [0.15, 0.2) is 12.1 Å². The number of hydrogen-bond donors (Lipinski definition) is 2. The SMILES string of the molecule is Cc1cc(NS(=O)(=O)C(C)C#N)cc(C(=O)O)c1C. The molecule has 2 N–H and O–H groups in total. The molecule has 1 unspecified atom stereocenters. The number of carboxylic acids is 1. The van der Waals surface area contributed by atoms with Crippen LogP contribution in [0.2, 0.25) is 0 Å². The molecule has 0 heterocycles. The van der Waals surface area contributed by atoms with E-state index >= 15 is 0 Å². The second-order valence-electron chi connectivity index (χ2n) is 4.19. The number of benzene rings is 1. The average Bonchev–Trinajstić information content (AvgIpc) is 2.31. The number of aryl methyl sites for hydroxylation is 1. The Morgan fingerprint density at radius 1 is 1.42 bits per heavy atom. The van der Waals surface area contributed by atoms with Gasteiger partial charge in [-0.1, -0.05) is 0 Å². The van der Waals surface area contributed by atoms with Crippen LogP contribution in [0.3, 0.4) is 0 Å². The van der Waals surface area contributed by atoms with E-state index in [0.717, 1.165) is 0 Å². The van der Waals surface area contributed by atoms with E-state index in [2.05, 4.69) is 4.72 Å². The number of rotatable bonds is 4. The number of nitrogens with one attached hydrogen (secondary N) is 1. The molecule has 0 aliphatic heterocycles. The van der Waals surface area contributed by atoms with E-state index < -0.39 is 21.2 Å². The predicted octanol–water partition coefficient (Wildman–Crippen LogP) is 1.66. The summed E-state index contributed by atoms with van der Waals surface area (Å²) in [4.78, 5) is 11.1. The van der Waals surface area contributed by atoms with Crippen molar-refractivity contribution >= 4 is 21.7 Å². The molecule has 0 saturated carbocycles. The van der Waals surface area contributed by atoms with Gasteiger partial charge in [0.25, 0.3) is 0 Å². The van der Waals surface area contributed by atoms with Crippen molar-refractivity contribution < 1.29 is 18.3 Å². The third kappa shape index (κ3) is 3.23. The van der Waals surface area contributed by atoms with E-state index in [1.54, 1.807) is 19.9 Å². The molecule has 0 aliphatic rings. The molecule has 0 saturated heterocycles. The lowest BCUT2D eigenvalue weighted by molar-refractivity contribution is 0.0696. The molecular formula is C12H14N2O4S. The summed E-state index contributed by atoms with van der Waals surface area (Å²) < 4.78 is 25.7. The van der Waals surface area contributed by atoms with E-state index in [1.165, 1.54) is 19.1 Å². The summed E-state index contributed by atoms with van der Waals surface area (Å²) in [5.74, 6) is -1.13. The molecule has 0 aromatic heterocycles. The maximum absolute atomic E-state index is 11.7. The smallest absolute Gasteiger partial charge is 0.336 e. The first kappa shape index (κ1) is 15.0. The van der Waals surface area contributed by atoms with Crippen molar-refractivity contribution in [3.8, 4) is 6.07 Å². The van der Waals surface area contributed by atoms with Crippen molar-refractivity contribution in [1.82, 2.24) is 0 Å². The van der Waals surface area contributed by atoms with Crippen molar-refractivity contribution in [2.24, 2.45) is 0 Å². The molecule has 0 aliphatic carbocycles. The van der Waals surface area contributed by atoms with Crippen LogP contribution in [0.5, 0.6) is 0 Å². The van der Waals surface area contributed by atoms with Crippen LogP contribution in [0.25, 0.3) is 0 Å². The standard InChI is InChI=1S/C12H14N2O4S/c1-7-4-10(5-11(9(7)3)12(15)16)14-19(17,18)8(2)6-13/h4-5,8,14H,1-3H3,(H,15,16). The summed E-state index contributed by atoms with van der Waals surface area (Å²) in [5.41, 5.74) is 1.40. The Hall–Kier alpha value is -2.07. The highest BCUT2D eigenvalue weighted by molar-refractivity contribution is 7.93. The first-order valence-electron chi connectivity index (χ1n) is 5.45. The fraction of sp³-hybridized carbons (Fsp3) is 0.333. The molecule has 0 fully saturated rings. The van der Waals surface area contributed by atoms with Crippen LogP contribution in [-0.4, -0.2) is 24.7 Å². The van der Waals surface area contributed by atoms with Gasteiger partial charge < -0.3 is 5.11 Å². The average molecular weight is 282 g/mol. The van der Waals surface area contributed by atoms with Crippen LogP contribution >= 0.6 is 0 Å². The fourth-order valence-electron chi connectivity index (χ4n) is 1.46. The van der Waals surface area contributed by atoms with E-state index in [4.69, 9.17) is 10.4 Å². The second kappa shape index (κ2) is 5.28. The molecule has 102 valence electrons. The molecule has 0 spiro atoms. The highest BCUT2D eigenvalue weighted by atomic mass is 32.2. The number of sulfonamides is 1. The lowest BCUT2D eigenvalue weighted by Gasteiger charge is -2.12. The van der Waals surface area contributed by atoms with Gasteiger partial charge in [-0.25, -0.2) is 13.2 Å². The van der Waals surface area contributed by atoms with E-state index in [0.29, 0.717) is 11.1 Å². The number of carbonyl (C=O) groups is 1. The zero-order valence-electron chi connectivity index (χ0n) is 10.8. The molecular weight excluding hydrogens is 268 g/mol. The van der Waals surface area contributed by atoms with Crippen molar-refractivity contribution in [2.45, 2.75) is 26.0 Å². The molecule has 1 atom stereocenters. The predicted molar refractivity (Wildman–Crippen MR) is 70.5 cm³/mol. The molecule has 7 heteroatoms. The van der Waals surface area contributed by atoms with Crippen LogP contribution in [0, 0.1) is 25.2 Å². The van der Waals surface area contributed by atoms with Crippen LogP contribution in [-0.2, 0) is 10.0 Å². The van der Waals surface area contributed by atoms with Crippen molar-refractivity contribution in [2.75, 3.05) is 4.72 Å². The Kier molecular flexibility index (Phi) is 4.17. The zero-order chi connectivity index (χ0) is 14.8. The van der Waals surface area contributed by atoms with Gasteiger partial charge in [0.15, 0.2) is 5.25 Å². The summed E-state index contributed by atoms with van der Waals surface area (Å²) >= 11 is 0. The number of nitriles is 1. The Morgan fingerprint density at radius 2 is 2.00 bits per heavy atom. The van der Waals surface area contributed by atoms with Gasteiger partial charge in [0.1, 0.15) is 0 Å². The molecule has 6 nitrogen and oxygen atoms in total. The van der Waals surface area contributed by atoms with Gasteiger partial charge in [0.2, 0.25) is 10.0 Å². The zero-order valence-corrected chi connectivity index (χ0v) is 11.6. The third-order valence-corrected chi connectivity index (χ3v) is 4.36. The van der Waals surface area contributed by atoms with Gasteiger partial charge in [-0.15, -0.1) is 0 Å². The van der Waals surface area contributed by atoms with E-state index in [9.17, 15) is 13.2 Å². The summed E-state index contributed by atoms with van der Waals surface area (Å²) in [5, 5.41) is 16.4. The lowest BCUT2D eigenvalue weighted by Crippen LogP contribution is -2.24. The summed E-state index contributed by atoms with van der Waals surface area (Å²) in [7, 11) is -3.84. The number of hydrogen-bond acceptors (Lipinski definition) is 4. The second-order valence-corrected chi connectivity index (χ2v) is 6.19. The summed E-state index contributed by atoms with van der Waals surface area (Å²) in [6.45, 7) is 4.59. The van der Waals surface area contributed by atoms with Crippen LogP contribution in [0.4, 0.5) is 5.69 Å². The Morgan fingerprint density at radius 3 is 2.47 bits per heavy atom. The summed E-state index contributed by atoms with van der Waals surface area (Å²) in [6.07, 6.45) is 0. The van der Waals surface area contributed by atoms with E-state index in [1.807, 2.05) is 0 Å². The molecule has 1 aromatic rings. The number of nitrogens with zero attached hydrogens (tertiary/aromatic N) is 1. The highest BCUT2D eigenvalue weighted by Gasteiger charge is 2.21. The first-order chi connectivity index (χ1) is 8.69. The Balaban J connectivity index is 3.25. The van der Waals surface area contributed by atoms with Gasteiger partial charge in [0.05, 0.1) is 11.6 Å². The quantitative estimate of drug-likeness (QED) is 0.873. The molecule has 1 rings (SSSR count). The van der Waals surface area contributed by atoms with Crippen LogP contribution in [0.1, 0.15) is 28.4 Å². The minimum Gasteiger partial charge on any atom is -0.478 e. The minimum absolute atomic E-state index is 0.0299. The molecule has 0 radical (unpaired) electrons. The molecule has 0 amide bonds. The maximum Gasteiger partial charge on any atom is 0.336 e. The largest absolute Gasteiger partial charge is 0.478 e. The lowest BCUT2D eigenvalue weighted by atomic mass is 10.0. The number of carboxylic acid groups (broad SMARTS) is 1. The minimum atomic E-state index is -3.84. The summed E-state index contributed by atoms with van der Waals surface area (Å²) in [6, 6.07) is 4.40. The number of aromatic carboxylic acids is 1. The first-order valence-corrected chi connectivity index (χ1v) is 6.99. The number of anilines is 1. The van der Waals surface area contributed by atoms with Crippen molar-refractivity contribution in [1.29, 1.82) is 5.26 Å². The maximum atomic E-state index is 11.7.